The van der Waals surface area contributed by atoms with Crippen LogP contribution in [0.3, 0.4) is 0 Å². The van der Waals surface area contributed by atoms with E-state index in [0.717, 1.165) is 0 Å². The van der Waals surface area contributed by atoms with Gasteiger partial charge in [0, 0.05) is 5.02 Å². The second kappa shape index (κ2) is 5.21. The van der Waals surface area contributed by atoms with Gasteiger partial charge in [-0.1, -0.05) is 37.1 Å². The average Bonchev–Trinajstić information content (AvgIpc) is 2.83. The van der Waals surface area contributed by atoms with Gasteiger partial charge in [0.05, 0.1) is 11.6 Å². The van der Waals surface area contributed by atoms with Crippen molar-refractivity contribution in [2.45, 2.75) is 27.7 Å². The van der Waals surface area contributed by atoms with Crippen molar-refractivity contribution in [2.24, 2.45) is 17.3 Å². The molecule has 108 valence electrons. The molecule has 1 aromatic rings. The van der Waals surface area contributed by atoms with Crippen molar-refractivity contribution in [2.75, 3.05) is 5.32 Å². The molecule has 20 heavy (non-hydrogen) atoms. The smallest absolute Gasteiger partial charge is 0.228 e. The van der Waals surface area contributed by atoms with E-state index < -0.39 is 5.82 Å². The number of hydrogen-bond acceptors (Lipinski definition) is 1. The molecule has 1 amide bonds. The van der Waals surface area contributed by atoms with E-state index in [0.29, 0.717) is 5.02 Å². The van der Waals surface area contributed by atoms with E-state index in [1.165, 1.54) is 17.7 Å². The molecule has 2 atom stereocenters. The van der Waals surface area contributed by atoms with Crippen LogP contribution >= 0.6 is 11.6 Å². The van der Waals surface area contributed by atoms with Crippen molar-refractivity contribution in [3.05, 3.63) is 40.7 Å². The molecule has 1 fully saturated rings. The van der Waals surface area contributed by atoms with Gasteiger partial charge in [-0.3, -0.25) is 4.79 Å². The van der Waals surface area contributed by atoms with E-state index in [2.05, 4.69) is 25.2 Å². The van der Waals surface area contributed by atoms with Gasteiger partial charge in [0.15, 0.2) is 0 Å². The molecule has 1 aliphatic carbocycles. The molecule has 0 unspecified atom stereocenters. The van der Waals surface area contributed by atoms with Crippen LogP contribution in [0.15, 0.2) is 29.8 Å². The molecule has 0 aromatic heterocycles. The predicted octanol–water partition coefficient (Wildman–Crippen LogP) is 4.66. The summed E-state index contributed by atoms with van der Waals surface area (Å²) in [5.74, 6) is -0.558. The Bertz CT molecular complexity index is 576. The lowest BCUT2D eigenvalue weighted by Gasteiger charge is -2.07. The number of carbonyl (C=O) groups excluding carboxylic acids is 1. The zero-order valence-electron chi connectivity index (χ0n) is 12.1. The first-order valence-electron chi connectivity index (χ1n) is 6.64. The van der Waals surface area contributed by atoms with Gasteiger partial charge in [0.1, 0.15) is 5.82 Å². The zero-order chi connectivity index (χ0) is 15.1. The molecule has 1 aromatic carbocycles. The molecular formula is C16H19ClFNO. The molecule has 0 radical (unpaired) electrons. The van der Waals surface area contributed by atoms with E-state index in [1.807, 2.05) is 13.8 Å². The maximum absolute atomic E-state index is 13.7. The molecular weight excluding hydrogens is 277 g/mol. The second-order valence-electron chi connectivity index (χ2n) is 6.18. The highest BCUT2D eigenvalue weighted by Gasteiger charge is 2.60. The summed E-state index contributed by atoms with van der Waals surface area (Å²) in [5, 5.41) is 2.97. The molecule has 2 nitrogen and oxygen atoms in total. The topological polar surface area (TPSA) is 29.1 Å². The van der Waals surface area contributed by atoms with Crippen LogP contribution in [-0.4, -0.2) is 5.91 Å². The summed E-state index contributed by atoms with van der Waals surface area (Å²) in [6.45, 7) is 8.14. The van der Waals surface area contributed by atoms with E-state index in [4.69, 9.17) is 11.6 Å². The Hall–Kier alpha value is -1.35. The fourth-order valence-corrected chi connectivity index (χ4v) is 2.81. The Kier molecular flexibility index (Phi) is 3.92. The van der Waals surface area contributed by atoms with Crippen LogP contribution in [0.1, 0.15) is 27.7 Å². The monoisotopic (exact) mass is 295 g/mol. The normalized spacial score (nSPS) is 23.1. The van der Waals surface area contributed by atoms with Crippen LogP contribution in [0.2, 0.25) is 5.02 Å². The minimum atomic E-state index is -0.511. The van der Waals surface area contributed by atoms with Crippen molar-refractivity contribution < 1.29 is 9.18 Å². The molecule has 0 spiro atoms. The highest BCUT2D eigenvalue weighted by atomic mass is 35.5. The Morgan fingerprint density at radius 3 is 2.60 bits per heavy atom. The van der Waals surface area contributed by atoms with Crippen molar-refractivity contribution in [3.8, 4) is 0 Å². The zero-order valence-corrected chi connectivity index (χ0v) is 12.9. The fraction of sp³-hybridized carbons (Fsp3) is 0.438. The third kappa shape index (κ3) is 2.88. The molecule has 1 N–H and O–H groups in total. The maximum Gasteiger partial charge on any atom is 0.228 e. The predicted molar refractivity (Wildman–Crippen MR) is 80.2 cm³/mol. The average molecular weight is 296 g/mol. The van der Waals surface area contributed by atoms with Crippen LogP contribution in [0.25, 0.3) is 0 Å². The number of carbonyl (C=O) groups is 1. The van der Waals surface area contributed by atoms with Gasteiger partial charge in [-0.2, -0.15) is 0 Å². The molecule has 0 bridgehead atoms. The number of rotatable bonds is 3. The summed E-state index contributed by atoms with van der Waals surface area (Å²) in [7, 11) is 0. The van der Waals surface area contributed by atoms with Gasteiger partial charge in [-0.05, 0) is 43.4 Å². The maximum atomic E-state index is 13.7. The number of hydrogen-bond donors (Lipinski definition) is 1. The molecule has 0 saturated heterocycles. The van der Waals surface area contributed by atoms with Crippen molar-refractivity contribution in [3.63, 3.8) is 0 Å². The molecule has 2 rings (SSSR count). The summed E-state index contributed by atoms with van der Waals surface area (Å²) in [5.41, 5.74) is 1.29. The van der Waals surface area contributed by atoms with Crippen LogP contribution in [0.5, 0.6) is 0 Å². The summed E-state index contributed by atoms with van der Waals surface area (Å²) in [6.07, 6.45) is 2.11. The van der Waals surface area contributed by atoms with E-state index in [9.17, 15) is 9.18 Å². The van der Waals surface area contributed by atoms with E-state index >= 15 is 0 Å². The molecule has 1 saturated carbocycles. The van der Waals surface area contributed by atoms with Crippen molar-refractivity contribution in [1.29, 1.82) is 0 Å². The Labute approximate surface area is 124 Å². The second-order valence-corrected chi connectivity index (χ2v) is 6.62. The lowest BCUT2D eigenvalue weighted by molar-refractivity contribution is -0.118. The Morgan fingerprint density at radius 2 is 2.05 bits per heavy atom. The first-order chi connectivity index (χ1) is 9.23. The third-order valence-corrected chi connectivity index (χ3v) is 4.13. The SMILES string of the molecule is CC(C)=C[C@@H]1[C@@H](C(=O)Nc2ccc(Cl)cc2F)C1(C)C. The van der Waals surface area contributed by atoms with Crippen LogP contribution < -0.4 is 5.32 Å². The lowest BCUT2D eigenvalue weighted by atomic mass is 10.1. The van der Waals surface area contributed by atoms with Gasteiger partial charge in [-0.25, -0.2) is 4.39 Å². The number of halogens is 2. The number of nitrogens with one attached hydrogen (secondary N) is 1. The van der Waals surface area contributed by atoms with Crippen LogP contribution in [-0.2, 0) is 4.79 Å². The summed E-state index contributed by atoms with van der Waals surface area (Å²) >= 11 is 5.69. The van der Waals surface area contributed by atoms with Gasteiger partial charge in [-0.15, -0.1) is 0 Å². The summed E-state index contributed by atoms with van der Waals surface area (Å²) in [4.78, 5) is 12.3. The molecule has 4 heteroatoms. The molecule has 1 aliphatic rings. The highest BCUT2D eigenvalue weighted by Crippen LogP contribution is 2.59. The first-order valence-corrected chi connectivity index (χ1v) is 7.02. The van der Waals surface area contributed by atoms with E-state index in [1.54, 1.807) is 6.07 Å². The first kappa shape index (κ1) is 15.0. The van der Waals surface area contributed by atoms with Gasteiger partial charge in [0.2, 0.25) is 5.91 Å². The Morgan fingerprint density at radius 1 is 1.40 bits per heavy atom. The number of allylic oxidation sites excluding steroid dienone is 2. The molecule has 0 heterocycles. The summed E-state index contributed by atoms with van der Waals surface area (Å²) < 4.78 is 13.7. The van der Waals surface area contributed by atoms with Gasteiger partial charge in [0.25, 0.3) is 0 Å². The van der Waals surface area contributed by atoms with Crippen molar-refractivity contribution >= 4 is 23.2 Å². The standard InChI is InChI=1S/C16H19ClFNO/c1-9(2)7-11-14(16(11,3)4)15(20)19-13-6-5-10(17)8-12(13)18/h5-8,11,14H,1-4H3,(H,19,20)/t11-,14+/m1/s1. The number of benzene rings is 1. The van der Waals surface area contributed by atoms with Crippen molar-refractivity contribution in [1.82, 2.24) is 0 Å². The minimum Gasteiger partial charge on any atom is -0.323 e. The van der Waals surface area contributed by atoms with Crippen LogP contribution in [0, 0.1) is 23.1 Å². The van der Waals surface area contributed by atoms with E-state index in [-0.39, 0.29) is 28.8 Å². The minimum absolute atomic E-state index is 0.0791. The van der Waals surface area contributed by atoms with Gasteiger partial charge < -0.3 is 5.32 Å². The third-order valence-electron chi connectivity index (χ3n) is 3.90. The highest BCUT2D eigenvalue weighted by molar-refractivity contribution is 6.30. The van der Waals surface area contributed by atoms with Crippen LogP contribution in [0.4, 0.5) is 10.1 Å². The summed E-state index contributed by atoms with van der Waals surface area (Å²) in [6, 6.07) is 4.25. The lowest BCUT2D eigenvalue weighted by Crippen LogP contribution is -2.17. The van der Waals surface area contributed by atoms with Gasteiger partial charge >= 0.3 is 0 Å². The quantitative estimate of drug-likeness (QED) is 0.808. The largest absolute Gasteiger partial charge is 0.323 e. The number of amides is 1. The fourth-order valence-electron chi connectivity index (χ4n) is 2.65. The molecule has 0 aliphatic heterocycles. The Balaban J connectivity index is 2.12. The number of anilines is 1.